The standard InChI is InChI=1S/C21H25FN2O4S/c1-28-20-9-8-17(15-19(20)22)23-21(25)10-7-16-11-13-24(14-12-16)29(26,27)18-5-3-2-4-6-18/h2-6,8-9,15-16H,7,10-14H2,1H3,(H,23,25). The number of piperidine rings is 1. The monoisotopic (exact) mass is 420 g/mol. The van der Waals surface area contributed by atoms with E-state index in [9.17, 15) is 17.6 Å². The Hall–Kier alpha value is -2.45. The van der Waals surface area contributed by atoms with Gasteiger partial charge in [-0.05, 0) is 49.4 Å². The summed E-state index contributed by atoms with van der Waals surface area (Å²) < 4.78 is 45.4. The Morgan fingerprint density at radius 3 is 2.48 bits per heavy atom. The molecule has 0 aliphatic carbocycles. The van der Waals surface area contributed by atoms with Crippen LogP contribution in [0, 0.1) is 11.7 Å². The van der Waals surface area contributed by atoms with Crippen LogP contribution < -0.4 is 10.1 Å². The van der Waals surface area contributed by atoms with Crippen molar-refractivity contribution in [3.8, 4) is 5.75 Å². The summed E-state index contributed by atoms with van der Waals surface area (Å²) in [6.45, 7) is 0.903. The number of amides is 1. The second-order valence-electron chi connectivity index (χ2n) is 7.10. The number of anilines is 1. The van der Waals surface area contributed by atoms with Gasteiger partial charge in [-0.15, -0.1) is 0 Å². The van der Waals surface area contributed by atoms with E-state index in [4.69, 9.17) is 4.74 Å². The molecule has 1 fully saturated rings. The van der Waals surface area contributed by atoms with Crippen LogP contribution in [0.2, 0.25) is 0 Å². The summed E-state index contributed by atoms with van der Waals surface area (Å²) in [7, 11) is -2.08. The molecule has 0 aromatic heterocycles. The molecule has 8 heteroatoms. The molecule has 2 aromatic rings. The van der Waals surface area contributed by atoms with Gasteiger partial charge in [-0.25, -0.2) is 12.8 Å². The van der Waals surface area contributed by atoms with E-state index in [1.807, 2.05) is 0 Å². The molecule has 0 bridgehead atoms. The fourth-order valence-corrected chi connectivity index (χ4v) is 4.97. The Morgan fingerprint density at radius 1 is 1.17 bits per heavy atom. The minimum absolute atomic E-state index is 0.125. The lowest BCUT2D eigenvalue weighted by atomic mass is 9.93. The van der Waals surface area contributed by atoms with Gasteiger partial charge in [0.1, 0.15) is 0 Å². The van der Waals surface area contributed by atoms with Crippen LogP contribution in [0.4, 0.5) is 10.1 Å². The van der Waals surface area contributed by atoms with E-state index in [0.717, 1.165) is 12.8 Å². The predicted molar refractivity (Wildman–Crippen MR) is 109 cm³/mol. The van der Waals surface area contributed by atoms with E-state index in [1.165, 1.54) is 23.5 Å². The minimum atomic E-state index is -3.46. The molecule has 2 aromatic carbocycles. The summed E-state index contributed by atoms with van der Waals surface area (Å²) >= 11 is 0. The first-order chi connectivity index (χ1) is 13.9. The number of benzene rings is 2. The fourth-order valence-electron chi connectivity index (χ4n) is 3.48. The molecule has 0 atom stereocenters. The van der Waals surface area contributed by atoms with Gasteiger partial charge >= 0.3 is 0 Å². The van der Waals surface area contributed by atoms with Crippen LogP contribution in [0.5, 0.6) is 5.75 Å². The summed E-state index contributed by atoms with van der Waals surface area (Å²) in [5.41, 5.74) is 0.386. The third kappa shape index (κ3) is 5.33. The largest absolute Gasteiger partial charge is 0.494 e. The molecule has 1 aliphatic rings. The van der Waals surface area contributed by atoms with Crippen molar-refractivity contribution in [1.82, 2.24) is 4.31 Å². The zero-order chi connectivity index (χ0) is 20.9. The smallest absolute Gasteiger partial charge is 0.243 e. The number of rotatable bonds is 7. The number of halogens is 1. The lowest BCUT2D eigenvalue weighted by Crippen LogP contribution is -2.38. The topological polar surface area (TPSA) is 75.7 Å². The van der Waals surface area contributed by atoms with Crippen LogP contribution in [0.1, 0.15) is 25.7 Å². The van der Waals surface area contributed by atoms with Gasteiger partial charge in [-0.2, -0.15) is 4.31 Å². The lowest BCUT2D eigenvalue weighted by Gasteiger charge is -2.31. The molecule has 0 unspecified atom stereocenters. The molecule has 1 aliphatic heterocycles. The molecular weight excluding hydrogens is 395 g/mol. The fraction of sp³-hybridized carbons (Fsp3) is 0.381. The van der Waals surface area contributed by atoms with Crippen LogP contribution in [-0.4, -0.2) is 38.8 Å². The zero-order valence-corrected chi connectivity index (χ0v) is 17.1. The lowest BCUT2D eigenvalue weighted by molar-refractivity contribution is -0.116. The van der Waals surface area contributed by atoms with E-state index in [2.05, 4.69) is 5.32 Å². The predicted octanol–water partition coefficient (Wildman–Crippen LogP) is 3.65. The van der Waals surface area contributed by atoms with E-state index in [1.54, 1.807) is 36.4 Å². The van der Waals surface area contributed by atoms with Gasteiger partial charge in [-0.3, -0.25) is 4.79 Å². The van der Waals surface area contributed by atoms with E-state index in [-0.39, 0.29) is 17.6 Å². The van der Waals surface area contributed by atoms with Crippen molar-refractivity contribution >= 4 is 21.6 Å². The Labute approximate surface area is 170 Å². The second kappa shape index (κ2) is 9.37. The van der Waals surface area contributed by atoms with Crippen molar-refractivity contribution in [2.45, 2.75) is 30.6 Å². The van der Waals surface area contributed by atoms with Crippen LogP contribution in [-0.2, 0) is 14.8 Å². The Balaban J connectivity index is 1.46. The first kappa shape index (κ1) is 21.3. The average Bonchev–Trinajstić information content (AvgIpc) is 2.73. The van der Waals surface area contributed by atoms with Crippen molar-refractivity contribution in [1.29, 1.82) is 0 Å². The number of nitrogens with one attached hydrogen (secondary N) is 1. The molecule has 3 rings (SSSR count). The summed E-state index contributed by atoms with van der Waals surface area (Å²) in [5.74, 6) is -0.304. The molecule has 29 heavy (non-hydrogen) atoms. The van der Waals surface area contributed by atoms with Crippen LogP contribution in [0.3, 0.4) is 0 Å². The first-order valence-electron chi connectivity index (χ1n) is 9.58. The highest BCUT2D eigenvalue weighted by atomic mass is 32.2. The Kier molecular flexibility index (Phi) is 6.87. The normalized spacial score (nSPS) is 15.8. The van der Waals surface area contributed by atoms with E-state index >= 15 is 0 Å². The molecule has 1 N–H and O–H groups in total. The molecule has 0 radical (unpaired) electrons. The van der Waals surface area contributed by atoms with Crippen molar-refractivity contribution < 1.29 is 22.3 Å². The molecule has 6 nitrogen and oxygen atoms in total. The van der Waals surface area contributed by atoms with Crippen LogP contribution >= 0.6 is 0 Å². The zero-order valence-electron chi connectivity index (χ0n) is 16.3. The van der Waals surface area contributed by atoms with Crippen LogP contribution in [0.15, 0.2) is 53.4 Å². The second-order valence-corrected chi connectivity index (χ2v) is 9.03. The van der Waals surface area contributed by atoms with E-state index < -0.39 is 15.8 Å². The molecule has 156 valence electrons. The van der Waals surface area contributed by atoms with Gasteiger partial charge in [0.05, 0.1) is 12.0 Å². The van der Waals surface area contributed by atoms with Crippen molar-refractivity contribution in [3.63, 3.8) is 0 Å². The molecule has 1 heterocycles. The summed E-state index contributed by atoms with van der Waals surface area (Å²) in [4.78, 5) is 12.5. The maximum Gasteiger partial charge on any atom is 0.243 e. The van der Waals surface area contributed by atoms with Crippen molar-refractivity contribution in [2.24, 2.45) is 5.92 Å². The maximum absolute atomic E-state index is 13.7. The quantitative estimate of drug-likeness (QED) is 0.742. The third-order valence-electron chi connectivity index (χ3n) is 5.17. The number of carbonyl (C=O) groups excluding carboxylic acids is 1. The number of hydrogen-bond donors (Lipinski definition) is 1. The van der Waals surface area contributed by atoms with E-state index in [0.29, 0.717) is 36.5 Å². The summed E-state index contributed by atoms with van der Waals surface area (Å²) in [6, 6.07) is 12.7. The third-order valence-corrected chi connectivity index (χ3v) is 7.08. The van der Waals surface area contributed by atoms with Gasteiger partial charge in [0.15, 0.2) is 11.6 Å². The molecule has 0 spiro atoms. The van der Waals surface area contributed by atoms with Gasteiger partial charge < -0.3 is 10.1 Å². The number of ether oxygens (including phenoxy) is 1. The van der Waals surface area contributed by atoms with Crippen LogP contribution in [0.25, 0.3) is 0 Å². The SMILES string of the molecule is COc1ccc(NC(=O)CCC2CCN(S(=O)(=O)c3ccccc3)CC2)cc1F. The summed E-state index contributed by atoms with van der Waals surface area (Å²) in [5, 5.41) is 2.69. The minimum Gasteiger partial charge on any atom is -0.494 e. The highest BCUT2D eigenvalue weighted by Gasteiger charge is 2.29. The average molecular weight is 421 g/mol. The number of nitrogens with zero attached hydrogens (tertiary/aromatic N) is 1. The molecule has 0 saturated carbocycles. The van der Waals surface area contributed by atoms with Gasteiger partial charge in [0.2, 0.25) is 15.9 Å². The molecule has 1 amide bonds. The summed E-state index contributed by atoms with van der Waals surface area (Å²) in [6.07, 6.45) is 2.42. The highest BCUT2D eigenvalue weighted by molar-refractivity contribution is 7.89. The highest BCUT2D eigenvalue weighted by Crippen LogP contribution is 2.27. The number of sulfonamides is 1. The first-order valence-corrected chi connectivity index (χ1v) is 11.0. The number of methoxy groups -OCH3 is 1. The molecule has 1 saturated heterocycles. The Morgan fingerprint density at radius 2 is 1.86 bits per heavy atom. The van der Waals surface area contributed by atoms with Gasteiger partial charge in [-0.1, -0.05) is 18.2 Å². The maximum atomic E-state index is 13.7. The number of hydrogen-bond acceptors (Lipinski definition) is 4. The van der Waals surface area contributed by atoms with Gasteiger partial charge in [0.25, 0.3) is 0 Å². The number of carbonyl (C=O) groups is 1. The molecular formula is C21H25FN2O4S. The Bertz CT molecular complexity index is 942. The van der Waals surface area contributed by atoms with Gasteiger partial charge in [0, 0.05) is 31.3 Å². The van der Waals surface area contributed by atoms with Crippen molar-refractivity contribution in [3.05, 3.63) is 54.3 Å². The van der Waals surface area contributed by atoms with Crippen molar-refractivity contribution in [2.75, 3.05) is 25.5 Å².